The second-order valence-corrected chi connectivity index (χ2v) is 6.80. The predicted octanol–water partition coefficient (Wildman–Crippen LogP) is 2.72. The van der Waals surface area contributed by atoms with Crippen molar-refractivity contribution in [2.24, 2.45) is 0 Å². The van der Waals surface area contributed by atoms with Crippen molar-refractivity contribution in [3.8, 4) is 0 Å². The highest BCUT2D eigenvalue weighted by Gasteiger charge is 2.20. The van der Waals surface area contributed by atoms with Crippen LogP contribution in [0.25, 0.3) is 0 Å². The molecule has 0 aliphatic rings. The highest BCUT2D eigenvalue weighted by Crippen LogP contribution is 2.19. The summed E-state index contributed by atoms with van der Waals surface area (Å²) in [6.45, 7) is 2.01. The van der Waals surface area contributed by atoms with Crippen LogP contribution in [0.1, 0.15) is 34.2 Å². The van der Waals surface area contributed by atoms with Crippen LogP contribution in [0.3, 0.4) is 0 Å². The Bertz CT molecular complexity index is 849. The van der Waals surface area contributed by atoms with Crippen LogP contribution in [0.2, 0.25) is 0 Å². The summed E-state index contributed by atoms with van der Waals surface area (Å²) < 4.78 is 0.357. The van der Waals surface area contributed by atoms with Gasteiger partial charge in [0.1, 0.15) is 11.3 Å². The van der Waals surface area contributed by atoms with Gasteiger partial charge in [-0.3, -0.25) is 30.6 Å². The molecule has 0 saturated heterocycles. The van der Waals surface area contributed by atoms with Gasteiger partial charge in [-0.05, 0) is 28.4 Å². The highest BCUT2D eigenvalue weighted by atomic mass is 79.9. The molecule has 2 amide bonds. The third kappa shape index (κ3) is 4.99. The molecule has 1 aromatic carbocycles. The Labute approximate surface area is 161 Å². The van der Waals surface area contributed by atoms with Gasteiger partial charge in [0.15, 0.2) is 5.16 Å². The second-order valence-electron chi connectivity index (χ2n) is 4.88. The van der Waals surface area contributed by atoms with Crippen molar-refractivity contribution in [3.05, 3.63) is 56.3 Å². The number of amides is 2. The molecule has 136 valence electrons. The van der Waals surface area contributed by atoms with Gasteiger partial charge in [0.25, 0.3) is 17.5 Å². The van der Waals surface area contributed by atoms with E-state index in [1.54, 1.807) is 0 Å². The zero-order chi connectivity index (χ0) is 19.1. The maximum atomic E-state index is 12.3. The lowest BCUT2D eigenvalue weighted by Gasteiger charge is -2.09. The monoisotopic (exact) mass is 439 g/mol. The molecule has 0 unspecified atom stereocenters. The molecule has 0 bridgehead atoms. The number of benzene rings is 1. The first-order chi connectivity index (χ1) is 12.4. The number of nitro benzene ring substituents is 1. The van der Waals surface area contributed by atoms with Crippen molar-refractivity contribution in [3.63, 3.8) is 0 Å². The number of nitro groups is 1. The van der Waals surface area contributed by atoms with Gasteiger partial charge in [0.05, 0.1) is 9.40 Å². The smallest absolute Gasteiger partial charge is 0.267 e. The normalized spacial score (nSPS) is 10.2. The minimum Gasteiger partial charge on any atom is -0.267 e. The summed E-state index contributed by atoms with van der Waals surface area (Å²) in [6, 6.07) is 5.43. The maximum Gasteiger partial charge on any atom is 0.289 e. The second kappa shape index (κ2) is 9.25. The summed E-state index contributed by atoms with van der Waals surface area (Å²) in [6.07, 6.45) is 2.38. The number of hydrogen-bond acceptors (Lipinski definition) is 7. The molecule has 0 fully saturated rings. The third-order valence-electron chi connectivity index (χ3n) is 3.01. The minimum atomic E-state index is -0.809. The summed E-state index contributed by atoms with van der Waals surface area (Å²) in [5.74, 6) is -0.683. The SMILES string of the molecule is CCCSc1ncc(Br)c(C(=O)NNC(=O)c2ccccc2[N+](=O)[O-])n1. The van der Waals surface area contributed by atoms with Crippen molar-refractivity contribution >= 4 is 45.2 Å². The Hall–Kier alpha value is -2.53. The van der Waals surface area contributed by atoms with E-state index in [2.05, 4.69) is 36.7 Å². The van der Waals surface area contributed by atoms with Crippen molar-refractivity contribution in [2.45, 2.75) is 18.5 Å². The minimum absolute atomic E-state index is 0.0430. The Morgan fingerprint density at radius 3 is 2.65 bits per heavy atom. The Kier molecular flexibility index (Phi) is 7.04. The summed E-state index contributed by atoms with van der Waals surface area (Å²) in [7, 11) is 0. The topological polar surface area (TPSA) is 127 Å². The van der Waals surface area contributed by atoms with Gasteiger partial charge < -0.3 is 0 Å². The van der Waals surface area contributed by atoms with Gasteiger partial charge in [0.2, 0.25) is 0 Å². The molecule has 26 heavy (non-hydrogen) atoms. The quantitative estimate of drug-likeness (QED) is 0.306. The van der Waals surface area contributed by atoms with Crippen LogP contribution in [0, 0.1) is 10.1 Å². The molecule has 2 aromatic rings. The van der Waals surface area contributed by atoms with Crippen LogP contribution in [-0.2, 0) is 0 Å². The van der Waals surface area contributed by atoms with Gasteiger partial charge in [-0.1, -0.05) is 30.8 Å². The Morgan fingerprint density at radius 1 is 1.27 bits per heavy atom. The third-order valence-corrected chi connectivity index (χ3v) is 4.65. The first-order valence-corrected chi connectivity index (χ1v) is 9.21. The van der Waals surface area contributed by atoms with E-state index < -0.39 is 16.7 Å². The van der Waals surface area contributed by atoms with Crippen molar-refractivity contribution in [1.29, 1.82) is 0 Å². The highest BCUT2D eigenvalue weighted by molar-refractivity contribution is 9.10. The summed E-state index contributed by atoms with van der Waals surface area (Å²) in [4.78, 5) is 42.9. The molecule has 0 radical (unpaired) electrons. The van der Waals surface area contributed by atoms with Crippen LogP contribution in [0.5, 0.6) is 0 Å². The molecule has 1 heterocycles. The number of hydrazine groups is 1. The predicted molar refractivity (Wildman–Crippen MR) is 98.8 cm³/mol. The van der Waals surface area contributed by atoms with Crippen LogP contribution >= 0.6 is 27.7 Å². The molecular weight excluding hydrogens is 426 g/mol. The molecule has 1 aromatic heterocycles. The fourth-order valence-electron chi connectivity index (χ4n) is 1.84. The first kappa shape index (κ1) is 19.8. The number of carbonyl (C=O) groups excluding carboxylic acids is 2. The number of nitrogens with zero attached hydrogens (tertiary/aromatic N) is 3. The molecule has 11 heteroatoms. The largest absolute Gasteiger partial charge is 0.289 e. The number of thioether (sulfide) groups is 1. The van der Waals surface area contributed by atoms with Gasteiger partial charge in [0, 0.05) is 18.0 Å². The molecule has 0 aliphatic carbocycles. The summed E-state index contributed by atoms with van der Waals surface area (Å²) in [5.41, 5.74) is 3.86. The Balaban J connectivity index is 2.09. The van der Waals surface area contributed by atoms with Crippen LogP contribution in [0.15, 0.2) is 40.1 Å². The summed E-state index contributed by atoms with van der Waals surface area (Å²) >= 11 is 4.59. The summed E-state index contributed by atoms with van der Waals surface area (Å²) in [5, 5.41) is 11.4. The lowest BCUT2D eigenvalue weighted by atomic mass is 10.2. The Morgan fingerprint density at radius 2 is 1.96 bits per heavy atom. The molecule has 2 rings (SSSR count). The van der Waals surface area contributed by atoms with Crippen molar-refractivity contribution < 1.29 is 14.5 Å². The van der Waals surface area contributed by atoms with E-state index in [-0.39, 0.29) is 16.9 Å². The standard InChI is InChI=1S/C15H14BrN5O4S/c1-2-7-26-15-17-8-10(16)12(18-15)14(23)20-19-13(22)9-5-3-4-6-11(9)21(24)25/h3-6,8H,2,7H2,1H3,(H,19,22)(H,20,23). The van der Waals surface area contributed by atoms with Crippen LogP contribution < -0.4 is 10.9 Å². The van der Waals surface area contributed by atoms with E-state index in [4.69, 9.17) is 0 Å². The number of hydrogen-bond donors (Lipinski definition) is 2. The van der Waals surface area contributed by atoms with Crippen molar-refractivity contribution in [2.75, 3.05) is 5.75 Å². The molecule has 9 nitrogen and oxygen atoms in total. The number of halogens is 1. The zero-order valence-electron chi connectivity index (χ0n) is 13.6. The van der Waals surface area contributed by atoms with Gasteiger partial charge in [-0.25, -0.2) is 9.97 Å². The molecule has 0 saturated carbocycles. The molecule has 0 atom stereocenters. The number of aromatic nitrogens is 2. The number of carbonyl (C=O) groups is 2. The fourth-order valence-corrected chi connectivity index (χ4v) is 2.88. The number of rotatable bonds is 6. The molecule has 2 N–H and O–H groups in total. The number of nitrogens with one attached hydrogen (secondary N) is 2. The average Bonchev–Trinajstić information content (AvgIpc) is 2.65. The zero-order valence-corrected chi connectivity index (χ0v) is 16.0. The fraction of sp³-hybridized carbons (Fsp3) is 0.200. The molecular formula is C15H14BrN5O4S. The van der Waals surface area contributed by atoms with Gasteiger partial charge in [-0.15, -0.1) is 0 Å². The number of para-hydroxylation sites is 1. The van der Waals surface area contributed by atoms with Gasteiger partial charge >= 0.3 is 0 Å². The van der Waals surface area contributed by atoms with E-state index in [9.17, 15) is 19.7 Å². The lowest BCUT2D eigenvalue weighted by Crippen LogP contribution is -2.42. The maximum absolute atomic E-state index is 12.3. The average molecular weight is 440 g/mol. The molecule has 0 spiro atoms. The van der Waals surface area contributed by atoms with E-state index >= 15 is 0 Å². The first-order valence-electron chi connectivity index (χ1n) is 7.43. The van der Waals surface area contributed by atoms with E-state index in [1.807, 2.05) is 6.92 Å². The van der Waals surface area contributed by atoms with Gasteiger partial charge in [-0.2, -0.15) is 0 Å². The van der Waals surface area contributed by atoms with E-state index in [0.29, 0.717) is 9.63 Å². The van der Waals surface area contributed by atoms with Crippen molar-refractivity contribution in [1.82, 2.24) is 20.8 Å². The van der Waals surface area contributed by atoms with Crippen LogP contribution in [0.4, 0.5) is 5.69 Å². The lowest BCUT2D eigenvalue weighted by molar-refractivity contribution is -0.385. The van der Waals surface area contributed by atoms with Crippen LogP contribution in [-0.4, -0.2) is 32.5 Å². The molecule has 0 aliphatic heterocycles. The van der Waals surface area contributed by atoms with E-state index in [1.165, 1.54) is 42.2 Å². The van der Waals surface area contributed by atoms with E-state index in [0.717, 1.165) is 12.2 Å².